The first-order chi connectivity index (χ1) is 8.64. The van der Waals surface area contributed by atoms with Gasteiger partial charge in [0.05, 0.1) is 10.4 Å². The van der Waals surface area contributed by atoms with Gasteiger partial charge in [0.1, 0.15) is 21.8 Å². The Morgan fingerprint density at radius 3 is 2.47 bits per heavy atom. The van der Waals surface area contributed by atoms with Gasteiger partial charge in [-0.15, -0.1) is 11.3 Å². The topological polar surface area (TPSA) is 72.7 Å². The van der Waals surface area contributed by atoms with Crippen molar-refractivity contribution < 1.29 is 14.5 Å². The van der Waals surface area contributed by atoms with Gasteiger partial charge in [0.15, 0.2) is 0 Å². The van der Waals surface area contributed by atoms with E-state index in [-0.39, 0.29) is 11.5 Å². The number of rotatable bonds is 4. The average molecular weight is 301 g/mol. The van der Waals surface area contributed by atoms with Gasteiger partial charge in [-0.25, -0.2) is 4.79 Å². The van der Waals surface area contributed by atoms with Gasteiger partial charge in [-0.2, -0.15) is 0 Å². The molecular formula is C13H19NO3S2. The van der Waals surface area contributed by atoms with Crippen LogP contribution in [-0.4, -0.2) is 26.1 Å². The zero-order valence-corrected chi connectivity index (χ0v) is 13.4. The molecule has 1 N–H and O–H groups in total. The Kier molecular flexibility index (Phi) is 5.18. The van der Waals surface area contributed by atoms with E-state index in [0.717, 1.165) is 0 Å². The van der Waals surface area contributed by atoms with Crippen LogP contribution in [0.3, 0.4) is 0 Å². The predicted molar refractivity (Wildman–Crippen MR) is 80.5 cm³/mol. The lowest BCUT2D eigenvalue weighted by atomic mass is 10.0. The molecular weight excluding hydrogens is 282 g/mol. The molecule has 1 rings (SSSR count). The molecule has 1 aromatic rings. The maximum Gasteiger partial charge on any atom is 0.337 e. The van der Waals surface area contributed by atoms with Crippen LogP contribution in [0.1, 0.15) is 49.9 Å². The molecule has 6 heteroatoms. The van der Waals surface area contributed by atoms with Gasteiger partial charge in [0.25, 0.3) is 0 Å². The lowest BCUT2D eigenvalue weighted by molar-refractivity contribution is 0.0697. The van der Waals surface area contributed by atoms with E-state index < -0.39 is 22.1 Å². The molecule has 1 aromatic heterocycles. The van der Waals surface area contributed by atoms with Crippen LogP contribution < -0.4 is 0 Å². The van der Waals surface area contributed by atoms with E-state index in [9.17, 15) is 9.35 Å². The molecule has 0 amide bonds. The molecule has 0 radical (unpaired) electrons. The normalized spacial score (nSPS) is 14.8. The lowest BCUT2D eigenvalue weighted by Gasteiger charge is -2.20. The summed E-state index contributed by atoms with van der Waals surface area (Å²) in [5.41, 5.74) is 0.823. The second kappa shape index (κ2) is 6.07. The number of hydrogen-bond acceptors (Lipinski definition) is 4. The number of carbonyl (C=O) groups is 1. The zero-order valence-electron chi connectivity index (χ0n) is 11.8. The molecule has 19 heavy (non-hydrogen) atoms. The molecule has 4 nitrogen and oxygen atoms in total. The minimum Gasteiger partial charge on any atom is -0.591 e. The maximum absolute atomic E-state index is 12.1. The highest BCUT2D eigenvalue weighted by Gasteiger charge is 2.29. The van der Waals surface area contributed by atoms with Gasteiger partial charge >= 0.3 is 5.97 Å². The summed E-state index contributed by atoms with van der Waals surface area (Å²) in [4.78, 5) is 11.8. The Bertz CT molecular complexity index is 486. The molecule has 0 aliphatic heterocycles. The second-order valence-electron chi connectivity index (χ2n) is 5.46. The lowest BCUT2D eigenvalue weighted by Crippen LogP contribution is -2.28. The van der Waals surface area contributed by atoms with Crippen molar-refractivity contribution in [2.75, 3.05) is 0 Å². The number of nitrogens with zero attached hydrogens (tertiary/aromatic N) is 1. The molecule has 106 valence electrons. The van der Waals surface area contributed by atoms with Crippen LogP contribution in [0.2, 0.25) is 0 Å². The minimum absolute atomic E-state index is 0.0167. The van der Waals surface area contributed by atoms with E-state index in [0.29, 0.717) is 10.6 Å². The van der Waals surface area contributed by atoms with E-state index in [1.807, 2.05) is 34.6 Å². The van der Waals surface area contributed by atoms with E-state index in [4.69, 9.17) is 5.11 Å². The molecule has 1 atom stereocenters. The van der Waals surface area contributed by atoms with Crippen LogP contribution in [0.5, 0.6) is 0 Å². The first kappa shape index (κ1) is 16.2. The molecule has 1 heterocycles. The fourth-order valence-corrected chi connectivity index (χ4v) is 3.15. The van der Waals surface area contributed by atoms with Crippen molar-refractivity contribution in [1.82, 2.24) is 0 Å². The summed E-state index contributed by atoms with van der Waals surface area (Å²) in [6.45, 7) is 9.37. The molecule has 0 aliphatic carbocycles. The first-order valence-electron chi connectivity index (χ1n) is 5.96. The Morgan fingerprint density at radius 1 is 1.47 bits per heavy atom. The van der Waals surface area contributed by atoms with Gasteiger partial charge in [0, 0.05) is 5.92 Å². The van der Waals surface area contributed by atoms with Crippen LogP contribution >= 0.6 is 11.3 Å². The average Bonchev–Trinajstić information content (AvgIpc) is 2.71. The van der Waals surface area contributed by atoms with Crippen molar-refractivity contribution >= 4 is 34.4 Å². The van der Waals surface area contributed by atoms with Crippen LogP contribution in [0.4, 0.5) is 0 Å². The monoisotopic (exact) mass is 301 g/mol. The third-order valence-electron chi connectivity index (χ3n) is 2.38. The highest BCUT2D eigenvalue weighted by atomic mass is 32.2. The Morgan fingerprint density at radius 2 is 2.05 bits per heavy atom. The quantitative estimate of drug-likeness (QED) is 0.684. The number of thiophene rings is 1. The standard InChI is InChI=1S/C13H19NO3S2/c1-8(2)10(14-19(17)13(3,4)5)11-9(12(15)16)6-7-18-11/h6-8H,1-5H3,(H,15,16)/b14-10+. The van der Waals surface area contributed by atoms with Crippen molar-refractivity contribution in [3.63, 3.8) is 0 Å². The predicted octanol–water partition coefficient (Wildman–Crippen LogP) is 3.35. The van der Waals surface area contributed by atoms with Gasteiger partial charge in [-0.05, 0) is 32.2 Å². The SMILES string of the molecule is CC(C)/C(=N\[S+]([O-])C(C)(C)C)c1sccc1C(=O)O. The Labute approximate surface area is 120 Å². The Balaban J connectivity index is 3.26. The third-order valence-corrected chi connectivity index (χ3v) is 4.73. The molecule has 0 fully saturated rings. The van der Waals surface area contributed by atoms with Crippen molar-refractivity contribution in [3.8, 4) is 0 Å². The van der Waals surface area contributed by atoms with Crippen LogP contribution in [0.15, 0.2) is 15.8 Å². The zero-order chi connectivity index (χ0) is 14.8. The van der Waals surface area contributed by atoms with Crippen molar-refractivity contribution in [1.29, 1.82) is 0 Å². The summed E-state index contributed by atoms with van der Waals surface area (Å²) in [7, 11) is 0. The van der Waals surface area contributed by atoms with E-state index in [1.165, 1.54) is 11.3 Å². The van der Waals surface area contributed by atoms with Crippen LogP contribution in [0.25, 0.3) is 0 Å². The third kappa shape index (κ3) is 4.06. The highest BCUT2D eigenvalue weighted by Crippen LogP contribution is 2.25. The van der Waals surface area contributed by atoms with Crippen LogP contribution in [-0.2, 0) is 11.4 Å². The molecule has 0 aliphatic rings. The maximum atomic E-state index is 12.1. The number of carboxylic acids is 1. The largest absolute Gasteiger partial charge is 0.591 e. The van der Waals surface area contributed by atoms with E-state index in [1.54, 1.807) is 11.4 Å². The molecule has 0 aromatic carbocycles. The number of hydrogen-bond donors (Lipinski definition) is 1. The summed E-state index contributed by atoms with van der Waals surface area (Å²) in [5, 5.41) is 10.9. The van der Waals surface area contributed by atoms with E-state index >= 15 is 0 Å². The van der Waals surface area contributed by atoms with Crippen molar-refractivity contribution in [3.05, 3.63) is 21.9 Å². The first-order valence-corrected chi connectivity index (χ1v) is 7.95. The summed E-state index contributed by atoms with van der Waals surface area (Å²) in [6, 6.07) is 1.56. The van der Waals surface area contributed by atoms with Gasteiger partial charge in [-0.3, -0.25) is 0 Å². The molecule has 0 saturated carbocycles. The molecule has 0 spiro atoms. The summed E-state index contributed by atoms with van der Waals surface area (Å²) >= 11 is -0.0715. The van der Waals surface area contributed by atoms with Crippen LogP contribution in [0, 0.1) is 5.92 Å². The summed E-state index contributed by atoms with van der Waals surface area (Å²) in [5.74, 6) is -0.964. The van der Waals surface area contributed by atoms with Gasteiger partial charge < -0.3 is 9.66 Å². The summed E-state index contributed by atoms with van der Waals surface area (Å²) in [6.07, 6.45) is 0. The fraction of sp³-hybridized carbons (Fsp3) is 0.538. The van der Waals surface area contributed by atoms with Gasteiger partial charge in [0.2, 0.25) is 0 Å². The molecule has 1 unspecified atom stereocenters. The Hall–Kier alpha value is -0.850. The van der Waals surface area contributed by atoms with E-state index in [2.05, 4.69) is 4.40 Å². The highest BCUT2D eigenvalue weighted by molar-refractivity contribution is 7.91. The number of carboxylic acid groups (broad SMARTS) is 1. The number of aromatic carboxylic acids is 1. The van der Waals surface area contributed by atoms with Crippen molar-refractivity contribution in [2.24, 2.45) is 10.3 Å². The minimum atomic E-state index is -1.39. The smallest absolute Gasteiger partial charge is 0.337 e. The molecule has 0 saturated heterocycles. The van der Waals surface area contributed by atoms with Gasteiger partial charge in [-0.1, -0.05) is 18.2 Å². The molecule has 0 bridgehead atoms. The second-order valence-corrected chi connectivity index (χ2v) is 8.28. The summed E-state index contributed by atoms with van der Waals surface area (Å²) < 4.78 is 15.9. The van der Waals surface area contributed by atoms with Crippen molar-refractivity contribution in [2.45, 2.75) is 39.4 Å². The fourth-order valence-electron chi connectivity index (χ4n) is 1.31.